The van der Waals surface area contributed by atoms with Crippen molar-refractivity contribution in [1.29, 1.82) is 0 Å². The maximum atomic E-state index is 12.0. The van der Waals surface area contributed by atoms with Crippen LogP contribution in [0.1, 0.15) is 34.8 Å². The maximum Gasteiger partial charge on any atom is 0.338 e. The number of rotatable bonds is 7. The maximum absolute atomic E-state index is 12.0. The topological polar surface area (TPSA) is 67.4 Å². The Hall–Kier alpha value is -2.82. The van der Waals surface area contributed by atoms with E-state index in [0.29, 0.717) is 30.8 Å². The monoisotopic (exact) mass is 340 g/mol. The second kappa shape index (κ2) is 8.87. The number of benzene rings is 2. The van der Waals surface area contributed by atoms with E-state index in [9.17, 15) is 9.59 Å². The quantitative estimate of drug-likeness (QED) is 0.750. The van der Waals surface area contributed by atoms with Crippen LogP contribution in [0.15, 0.2) is 42.5 Å². The minimum absolute atomic E-state index is 0.0823. The second-order valence-electron chi connectivity index (χ2n) is 5.84. The Bertz CT molecular complexity index is 739. The first kappa shape index (κ1) is 18.5. The summed E-state index contributed by atoms with van der Waals surface area (Å²) in [5.74, 6) is -0.445. The molecule has 132 valence electrons. The van der Waals surface area contributed by atoms with Crippen LogP contribution in [0.25, 0.3) is 0 Å². The molecule has 5 heteroatoms. The first-order chi connectivity index (χ1) is 12.0. The minimum Gasteiger partial charge on any atom is -0.462 e. The van der Waals surface area contributed by atoms with E-state index in [2.05, 4.69) is 23.6 Å². The van der Waals surface area contributed by atoms with Gasteiger partial charge in [-0.3, -0.25) is 4.79 Å². The van der Waals surface area contributed by atoms with E-state index in [1.807, 2.05) is 19.1 Å². The van der Waals surface area contributed by atoms with Gasteiger partial charge >= 0.3 is 5.97 Å². The fourth-order valence-corrected chi connectivity index (χ4v) is 2.45. The van der Waals surface area contributed by atoms with Crippen LogP contribution in [0.4, 0.5) is 11.4 Å². The van der Waals surface area contributed by atoms with E-state index < -0.39 is 0 Å². The Kier molecular flexibility index (Phi) is 6.57. The minimum atomic E-state index is -0.363. The summed E-state index contributed by atoms with van der Waals surface area (Å²) in [5, 5.41) is 6.09. The molecule has 5 nitrogen and oxygen atoms in total. The smallest absolute Gasteiger partial charge is 0.338 e. The molecule has 0 radical (unpaired) electrons. The highest BCUT2D eigenvalue weighted by molar-refractivity contribution is 5.93. The van der Waals surface area contributed by atoms with Crippen LogP contribution in [-0.2, 0) is 9.53 Å². The van der Waals surface area contributed by atoms with Crippen molar-refractivity contribution in [2.45, 2.75) is 27.2 Å². The fraction of sp³-hybridized carbons (Fsp3) is 0.300. The molecule has 0 aliphatic carbocycles. The lowest BCUT2D eigenvalue weighted by Gasteiger charge is -2.10. The van der Waals surface area contributed by atoms with Crippen molar-refractivity contribution < 1.29 is 14.3 Å². The van der Waals surface area contributed by atoms with Crippen molar-refractivity contribution in [2.75, 3.05) is 23.8 Å². The summed E-state index contributed by atoms with van der Waals surface area (Å²) >= 11 is 0. The number of carbonyl (C=O) groups excluding carboxylic acids is 2. The second-order valence-corrected chi connectivity index (χ2v) is 5.84. The molecule has 2 aromatic carbocycles. The van der Waals surface area contributed by atoms with Gasteiger partial charge in [0, 0.05) is 24.3 Å². The third-order valence-electron chi connectivity index (χ3n) is 3.73. The third kappa shape index (κ3) is 5.64. The number of hydrogen-bond donors (Lipinski definition) is 2. The molecule has 0 bridgehead atoms. The van der Waals surface area contributed by atoms with Crippen LogP contribution in [0, 0.1) is 13.8 Å². The third-order valence-corrected chi connectivity index (χ3v) is 3.73. The Morgan fingerprint density at radius 2 is 1.76 bits per heavy atom. The molecule has 0 atom stereocenters. The first-order valence-corrected chi connectivity index (χ1v) is 8.37. The van der Waals surface area contributed by atoms with Crippen molar-refractivity contribution in [3.8, 4) is 0 Å². The van der Waals surface area contributed by atoms with Gasteiger partial charge in [0.25, 0.3) is 0 Å². The van der Waals surface area contributed by atoms with Crippen LogP contribution in [-0.4, -0.2) is 25.0 Å². The zero-order valence-corrected chi connectivity index (χ0v) is 14.9. The van der Waals surface area contributed by atoms with E-state index in [0.717, 1.165) is 11.3 Å². The summed E-state index contributed by atoms with van der Waals surface area (Å²) in [6, 6.07) is 12.8. The molecule has 0 aromatic heterocycles. The van der Waals surface area contributed by atoms with Gasteiger partial charge in [0.05, 0.1) is 12.2 Å². The SMILES string of the molecule is CCOC(=O)c1ccc(NC(=O)CCNc2ccc(C)cc2C)cc1. The fourth-order valence-electron chi connectivity index (χ4n) is 2.45. The Morgan fingerprint density at radius 3 is 2.40 bits per heavy atom. The number of hydrogen-bond acceptors (Lipinski definition) is 4. The molecule has 1 amide bonds. The van der Waals surface area contributed by atoms with Crippen molar-refractivity contribution in [1.82, 2.24) is 0 Å². The number of anilines is 2. The number of amides is 1. The molecule has 0 unspecified atom stereocenters. The van der Waals surface area contributed by atoms with Gasteiger partial charge in [-0.25, -0.2) is 4.79 Å². The molecule has 0 aliphatic heterocycles. The lowest BCUT2D eigenvalue weighted by Crippen LogP contribution is -2.16. The average molecular weight is 340 g/mol. The Morgan fingerprint density at radius 1 is 1.04 bits per heavy atom. The van der Waals surface area contributed by atoms with Gasteiger partial charge in [-0.1, -0.05) is 17.7 Å². The van der Waals surface area contributed by atoms with Gasteiger partial charge in [0.2, 0.25) is 5.91 Å². The standard InChI is InChI=1S/C20H24N2O3/c1-4-25-20(24)16-6-8-17(9-7-16)22-19(23)11-12-21-18-10-5-14(2)13-15(18)3/h5-10,13,21H,4,11-12H2,1-3H3,(H,22,23). The molecule has 25 heavy (non-hydrogen) atoms. The predicted molar refractivity (Wildman–Crippen MR) is 100 cm³/mol. The van der Waals surface area contributed by atoms with Crippen LogP contribution >= 0.6 is 0 Å². The highest BCUT2D eigenvalue weighted by Crippen LogP contribution is 2.16. The molecule has 2 aromatic rings. The van der Waals surface area contributed by atoms with Crippen molar-refractivity contribution in [3.63, 3.8) is 0 Å². The summed E-state index contributed by atoms with van der Waals surface area (Å²) in [7, 11) is 0. The van der Waals surface area contributed by atoms with Crippen LogP contribution < -0.4 is 10.6 Å². The molecule has 0 spiro atoms. The highest BCUT2D eigenvalue weighted by Gasteiger charge is 2.07. The van der Waals surface area contributed by atoms with Gasteiger partial charge in [-0.05, 0) is 56.7 Å². The Labute approximate surface area is 148 Å². The van der Waals surface area contributed by atoms with Gasteiger partial charge in [0.15, 0.2) is 0 Å². The summed E-state index contributed by atoms with van der Waals surface area (Å²) < 4.78 is 4.93. The van der Waals surface area contributed by atoms with Gasteiger partial charge < -0.3 is 15.4 Å². The molecule has 2 N–H and O–H groups in total. The summed E-state index contributed by atoms with van der Waals surface area (Å²) in [6.45, 7) is 6.75. The lowest BCUT2D eigenvalue weighted by atomic mass is 10.1. The molecular weight excluding hydrogens is 316 g/mol. The number of ether oxygens (including phenoxy) is 1. The van der Waals surface area contributed by atoms with Crippen LogP contribution in [0.3, 0.4) is 0 Å². The van der Waals surface area contributed by atoms with Gasteiger partial charge in [0.1, 0.15) is 0 Å². The van der Waals surface area contributed by atoms with E-state index in [-0.39, 0.29) is 11.9 Å². The summed E-state index contributed by atoms with van der Waals surface area (Å²) in [6.07, 6.45) is 0.354. The zero-order valence-electron chi connectivity index (χ0n) is 14.9. The van der Waals surface area contributed by atoms with Gasteiger partial charge in [-0.15, -0.1) is 0 Å². The van der Waals surface area contributed by atoms with E-state index >= 15 is 0 Å². The van der Waals surface area contributed by atoms with Gasteiger partial charge in [-0.2, -0.15) is 0 Å². The number of aryl methyl sites for hydroxylation is 2. The van der Waals surface area contributed by atoms with E-state index in [1.54, 1.807) is 31.2 Å². The lowest BCUT2D eigenvalue weighted by molar-refractivity contribution is -0.115. The molecule has 0 fully saturated rings. The van der Waals surface area contributed by atoms with Crippen molar-refractivity contribution in [2.24, 2.45) is 0 Å². The predicted octanol–water partition coefficient (Wildman–Crippen LogP) is 3.92. The van der Waals surface area contributed by atoms with Crippen LogP contribution in [0.2, 0.25) is 0 Å². The highest BCUT2D eigenvalue weighted by atomic mass is 16.5. The largest absolute Gasteiger partial charge is 0.462 e. The first-order valence-electron chi connectivity index (χ1n) is 8.37. The van der Waals surface area contributed by atoms with Crippen LogP contribution in [0.5, 0.6) is 0 Å². The molecule has 2 rings (SSSR count). The summed E-state index contributed by atoms with van der Waals surface area (Å²) in [5.41, 5.74) is 4.54. The Balaban J connectivity index is 1.81. The molecule has 0 aliphatic rings. The van der Waals surface area contributed by atoms with E-state index in [4.69, 9.17) is 4.74 Å². The summed E-state index contributed by atoms with van der Waals surface area (Å²) in [4.78, 5) is 23.6. The number of nitrogens with one attached hydrogen (secondary N) is 2. The average Bonchev–Trinajstić information content (AvgIpc) is 2.57. The van der Waals surface area contributed by atoms with Crippen molar-refractivity contribution >= 4 is 23.3 Å². The molecule has 0 saturated heterocycles. The van der Waals surface area contributed by atoms with E-state index in [1.165, 1.54) is 5.56 Å². The molecule has 0 heterocycles. The zero-order chi connectivity index (χ0) is 18.2. The molecule has 0 saturated carbocycles. The number of esters is 1. The number of carbonyl (C=O) groups is 2. The molecular formula is C20H24N2O3. The van der Waals surface area contributed by atoms with Crippen molar-refractivity contribution in [3.05, 3.63) is 59.2 Å². The normalized spacial score (nSPS) is 10.2.